The van der Waals surface area contributed by atoms with Gasteiger partial charge in [-0.25, -0.2) is 0 Å². The summed E-state index contributed by atoms with van der Waals surface area (Å²) < 4.78 is 20.0. The van der Waals surface area contributed by atoms with Crippen LogP contribution in [0.1, 0.15) is 23.7 Å². The Hall–Kier alpha value is -2.35. The molecule has 0 aliphatic rings. The Bertz CT molecular complexity index is 863. The quantitative estimate of drug-likeness (QED) is 0.626. The highest BCUT2D eigenvalue weighted by atomic mass is 31.2. The van der Waals surface area contributed by atoms with Crippen LogP contribution >= 0.6 is 7.37 Å². The highest BCUT2D eigenvalue weighted by Crippen LogP contribution is 2.62. The second-order valence-corrected chi connectivity index (χ2v) is 8.21. The molecule has 2 atom stereocenters. The normalized spacial score (nSPS) is 14.6. The van der Waals surface area contributed by atoms with E-state index in [4.69, 9.17) is 4.52 Å². The molecule has 0 amide bonds. The van der Waals surface area contributed by atoms with Gasteiger partial charge in [0.05, 0.1) is 12.3 Å². The number of hydrogen-bond acceptors (Lipinski definition) is 3. The third kappa shape index (κ3) is 3.53. The third-order valence-corrected chi connectivity index (χ3v) is 7.04. The standard InChI is InChI=1S/C21H21O3P/c1-2-24-25(23,18-13-7-4-8-14-18)21(17-11-5-3-6-12-17)19-15-9-10-16-20(19)22/h3-16,21-22H,2H2,1H3/t21-,25-/m1/s1. The predicted octanol–water partition coefficient (Wildman–Crippen LogP) is 5.12. The Morgan fingerprint density at radius 1 is 0.880 bits per heavy atom. The van der Waals surface area contributed by atoms with E-state index in [-0.39, 0.29) is 5.75 Å². The molecule has 0 saturated heterocycles. The van der Waals surface area contributed by atoms with Crippen molar-refractivity contribution in [1.82, 2.24) is 0 Å². The van der Waals surface area contributed by atoms with Crippen LogP contribution in [0, 0.1) is 0 Å². The van der Waals surface area contributed by atoms with E-state index in [1.54, 1.807) is 12.1 Å². The number of aromatic hydroxyl groups is 1. The molecule has 0 bridgehead atoms. The molecule has 0 saturated carbocycles. The van der Waals surface area contributed by atoms with Crippen molar-refractivity contribution >= 4 is 12.7 Å². The summed E-state index contributed by atoms with van der Waals surface area (Å²) in [5.41, 5.74) is 0.885. The molecular weight excluding hydrogens is 331 g/mol. The fraction of sp³-hybridized carbons (Fsp3) is 0.143. The molecule has 4 heteroatoms. The maximum Gasteiger partial charge on any atom is 0.243 e. The highest BCUT2D eigenvalue weighted by molar-refractivity contribution is 7.67. The van der Waals surface area contributed by atoms with Gasteiger partial charge in [-0.2, -0.15) is 0 Å². The first kappa shape index (κ1) is 17.5. The van der Waals surface area contributed by atoms with E-state index in [9.17, 15) is 9.67 Å². The molecule has 0 unspecified atom stereocenters. The molecule has 0 aliphatic carbocycles. The summed E-state index contributed by atoms with van der Waals surface area (Å²) in [6, 6.07) is 25.8. The van der Waals surface area contributed by atoms with Crippen molar-refractivity contribution in [2.75, 3.05) is 6.61 Å². The first-order valence-corrected chi connectivity index (χ1v) is 9.99. The lowest BCUT2D eigenvalue weighted by atomic mass is 10.0. The molecule has 25 heavy (non-hydrogen) atoms. The summed E-state index contributed by atoms with van der Waals surface area (Å²) in [4.78, 5) is 0. The largest absolute Gasteiger partial charge is 0.508 e. The molecule has 3 aromatic rings. The maximum absolute atomic E-state index is 14.1. The number of hydrogen-bond donors (Lipinski definition) is 1. The van der Waals surface area contributed by atoms with E-state index in [2.05, 4.69) is 0 Å². The van der Waals surface area contributed by atoms with Gasteiger partial charge in [-0.05, 0) is 30.7 Å². The van der Waals surface area contributed by atoms with E-state index in [1.807, 2.05) is 79.7 Å². The van der Waals surface area contributed by atoms with Crippen LogP contribution in [0.3, 0.4) is 0 Å². The van der Waals surface area contributed by atoms with Gasteiger partial charge in [0.15, 0.2) is 0 Å². The molecule has 3 aromatic carbocycles. The topological polar surface area (TPSA) is 46.5 Å². The summed E-state index contributed by atoms with van der Waals surface area (Å²) in [5.74, 6) is 0.118. The van der Waals surface area contributed by atoms with Gasteiger partial charge in [-0.3, -0.25) is 4.57 Å². The summed E-state index contributed by atoms with van der Waals surface area (Å²) in [5, 5.41) is 11.1. The Morgan fingerprint density at radius 3 is 2.04 bits per heavy atom. The average molecular weight is 352 g/mol. The van der Waals surface area contributed by atoms with Crippen LogP contribution in [0.2, 0.25) is 0 Å². The van der Waals surface area contributed by atoms with E-state index in [0.717, 1.165) is 5.56 Å². The number of rotatable bonds is 6. The Morgan fingerprint density at radius 2 is 1.44 bits per heavy atom. The predicted molar refractivity (Wildman–Crippen MR) is 102 cm³/mol. The van der Waals surface area contributed by atoms with Crippen LogP contribution in [0.25, 0.3) is 0 Å². The van der Waals surface area contributed by atoms with Crippen LogP contribution in [-0.2, 0) is 9.09 Å². The maximum atomic E-state index is 14.1. The fourth-order valence-electron chi connectivity index (χ4n) is 3.04. The molecule has 0 radical (unpaired) electrons. The van der Waals surface area contributed by atoms with Crippen molar-refractivity contribution in [2.45, 2.75) is 12.6 Å². The summed E-state index contributed by atoms with van der Waals surface area (Å²) in [7, 11) is -3.31. The zero-order valence-corrected chi connectivity index (χ0v) is 15.0. The van der Waals surface area contributed by atoms with Gasteiger partial charge < -0.3 is 9.63 Å². The lowest BCUT2D eigenvalue weighted by molar-refractivity contribution is 0.335. The minimum atomic E-state index is -3.31. The van der Waals surface area contributed by atoms with E-state index >= 15 is 0 Å². The lowest BCUT2D eigenvalue weighted by Crippen LogP contribution is -2.15. The molecule has 0 heterocycles. The van der Waals surface area contributed by atoms with Crippen LogP contribution < -0.4 is 5.30 Å². The Labute approximate surface area is 148 Å². The van der Waals surface area contributed by atoms with Gasteiger partial charge in [0, 0.05) is 10.9 Å². The Kier molecular flexibility index (Phi) is 5.37. The second kappa shape index (κ2) is 7.69. The minimum absolute atomic E-state index is 0.118. The third-order valence-electron chi connectivity index (χ3n) is 4.12. The molecule has 0 spiro atoms. The van der Waals surface area contributed by atoms with Crippen molar-refractivity contribution in [3.8, 4) is 5.75 Å². The summed E-state index contributed by atoms with van der Waals surface area (Å²) in [6.07, 6.45) is 0. The smallest absolute Gasteiger partial charge is 0.243 e. The van der Waals surface area contributed by atoms with Gasteiger partial charge >= 0.3 is 0 Å². The second-order valence-electron chi connectivity index (χ2n) is 5.72. The molecule has 3 rings (SSSR count). The zero-order chi connectivity index (χ0) is 17.7. The first-order valence-electron chi connectivity index (χ1n) is 8.29. The van der Waals surface area contributed by atoms with E-state index < -0.39 is 13.0 Å². The zero-order valence-electron chi connectivity index (χ0n) is 14.1. The van der Waals surface area contributed by atoms with Gasteiger partial charge in [0.25, 0.3) is 0 Å². The van der Waals surface area contributed by atoms with Gasteiger partial charge in [0.2, 0.25) is 7.37 Å². The van der Waals surface area contributed by atoms with Crippen molar-refractivity contribution in [2.24, 2.45) is 0 Å². The summed E-state index contributed by atoms with van der Waals surface area (Å²) in [6.45, 7) is 2.16. The monoisotopic (exact) mass is 352 g/mol. The van der Waals surface area contributed by atoms with Crippen molar-refractivity contribution in [1.29, 1.82) is 0 Å². The van der Waals surface area contributed by atoms with Gasteiger partial charge in [0.1, 0.15) is 5.75 Å². The van der Waals surface area contributed by atoms with E-state index in [1.165, 1.54) is 0 Å². The molecule has 0 aliphatic heterocycles. The van der Waals surface area contributed by atoms with Gasteiger partial charge in [-0.15, -0.1) is 0 Å². The van der Waals surface area contributed by atoms with Crippen LogP contribution in [0.15, 0.2) is 84.9 Å². The van der Waals surface area contributed by atoms with E-state index in [0.29, 0.717) is 17.5 Å². The summed E-state index contributed by atoms with van der Waals surface area (Å²) >= 11 is 0. The number of phenols is 1. The van der Waals surface area contributed by atoms with Gasteiger partial charge in [-0.1, -0.05) is 66.7 Å². The molecule has 1 N–H and O–H groups in total. The first-order chi connectivity index (χ1) is 12.2. The molecule has 0 fully saturated rings. The number of benzene rings is 3. The van der Waals surface area contributed by atoms with Crippen LogP contribution in [0.5, 0.6) is 5.75 Å². The SMILES string of the molecule is CCO[P@](=O)(c1ccccc1)[C@H](c1ccccc1)c1ccccc1O. The number of phenolic OH excluding ortho intramolecular Hbond substituents is 1. The molecule has 3 nitrogen and oxygen atoms in total. The molecule has 0 aromatic heterocycles. The fourth-order valence-corrected chi connectivity index (χ4v) is 5.76. The average Bonchev–Trinajstić information content (AvgIpc) is 2.65. The van der Waals surface area contributed by atoms with Crippen LogP contribution in [0.4, 0.5) is 0 Å². The lowest BCUT2D eigenvalue weighted by Gasteiger charge is -2.29. The number of para-hydroxylation sites is 1. The molecule has 128 valence electrons. The van der Waals surface area contributed by atoms with Crippen molar-refractivity contribution in [3.05, 3.63) is 96.1 Å². The van der Waals surface area contributed by atoms with Crippen molar-refractivity contribution in [3.63, 3.8) is 0 Å². The molecular formula is C21H21O3P. The minimum Gasteiger partial charge on any atom is -0.508 e. The van der Waals surface area contributed by atoms with Crippen molar-refractivity contribution < 1.29 is 14.2 Å². The van der Waals surface area contributed by atoms with Crippen LogP contribution in [-0.4, -0.2) is 11.7 Å². The highest BCUT2D eigenvalue weighted by Gasteiger charge is 2.39. The Balaban J connectivity index is 2.26.